The molecule has 1 N–H and O–H groups in total. The lowest BCUT2D eigenvalue weighted by Crippen LogP contribution is -2.45. The van der Waals surface area contributed by atoms with Gasteiger partial charge in [0.2, 0.25) is 5.91 Å². The number of carbonyl (C=O) groups excluding carboxylic acids is 1. The van der Waals surface area contributed by atoms with E-state index in [0.29, 0.717) is 48.7 Å². The molecule has 0 aliphatic carbocycles. The zero-order valence-electron chi connectivity index (χ0n) is 33.0. The highest BCUT2D eigenvalue weighted by Crippen LogP contribution is 2.46. The van der Waals surface area contributed by atoms with Crippen molar-refractivity contribution >= 4 is 43.3 Å². The smallest absolute Gasteiger partial charge is 0.418 e. The van der Waals surface area contributed by atoms with Gasteiger partial charge in [-0.25, -0.2) is 30.3 Å². The van der Waals surface area contributed by atoms with Crippen molar-refractivity contribution in [1.29, 1.82) is 0 Å². The number of nitrogens with zero attached hydrogens (tertiary/aromatic N) is 3. The van der Waals surface area contributed by atoms with Crippen molar-refractivity contribution in [2.24, 2.45) is 0 Å². The molecule has 0 bridgehead atoms. The highest BCUT2D eigenvalue weighted by atomic mass is 32.2. The predicted molar refractivity (Wildman–Crippen MR) is 214 cm³/mol. The number of para-hydroxylation sites is 2. The number of amides is 1. The largest absolute Gasteiger partial charge is 0.497 e. The summed E-state index contributed by atoms with van der Waals surface area (Å²) in [5, 5.41) is 11.0. The van der Waals surface area contributed by atoms with E-state index in [4.69, 9.17) is 9.47 Å². The molecule has 1 saturated heterocycles. The molecule has 1 amide bonds. The Balaban J connectivity index is 1.61. The zero-order valence-corrected chi connectivity index (χ0v) is 34.6. The summed E-state index contributed by atoms with van der Waals surface area (Å²) in [5.74, 6) is -4.11. The van der Waals surface area contributed by atoms with Crippen LogP contribution in [0.3, 0.4) is 0 Å². The van der Waals surface area contributed by atoms with Gasteiger partial charge in [0.25, 0.3) is 20.0 Å². The third-order valence-electron chi connectivity index (χ3n) is 10.2. The summed E-state index contributed by atoms with van der Waals surface area (Å²) in [6.45, 7) is -1.34. The van der Waals surface area contributed by atoms with E-state index in [9.17, 15) is 53.8 Å². The lowest BCUT2D eigenvalue weighted by Gasteiger charge is -2.34. The Morgan fingerprint density at radius 2 is 1.29 bits per heavy atom. The molecule has 1 aliphatic heterocycles. The van der Waals surface area contributed by atoms with Gasteiger partial charge in [-0.3, -0.25) is 9.10 Å². The van der Waals surface area contributed by atoms with Crippen LogP contribution in [-0.2, 0) is 42.0 Å². The quantitative estimate of drug-likeness (QED) is 0.108. The van der Waals surface area contributed by atoms with Gasteiger partial charge in [0.1, 0.15) is 23.9 Å². The Kier molecular flexibility index (Phi) is 13.0. The maximum absolute atomic E-state index is 15.2. The van der Waals surface area contributed by atoms with Crippen molar-refractivity contribution in [3.63, 3.8) is 0 Å². The molecular weight excluding hydrogens is 888 g/mol. The van der Waals surface area contributed by atoms with Crippen LogP contribution in [0.15, 0.2) is 125 Å². The third-order valence-corrected chi connectivity index (χ3v) is 13.8. The Labute approximate surface area is 356 Å². The van der Waals surface area contributed by atoms with E-state index in [1.165, 1.54) is 24.1 Å². The molecule has 2 atom stereocenters. The summed E-state index contributed by atoms with van der Waals surface area (Å²) in [6, 6.07) is 13.9. The van der Waals surface area contributed by atoms with Crippen LogP contribution in [0.25, 0.3) is 0 Å². The van der Waals surface area contributed by atoms with Crippen molar-refractivity contribution in [1.82, 2.24) is 4.90 Å². The minimum Gasteiger partial charge on any atom is -0.497 e. The first-order valence-corrected chi connectivity index (χ1v) is 21.5. The van der Waals surface area contributed by atoms with E-state index >= 15 is 8.42 Å². The number of halogens is 7. The number of alkyl halides is 6. The molecule has 6 rings (SSSR count). The van der Waals surface area contributed by atoms with Gasteiger partial charge in [0, 0.05) is 12.1 Å². The molecular formula is C42H36F7N3O9S2. The molecule has 63 heavy (non-hydrogen) atoms. The number of carboxylic acid groups (broad SMARTS) is 1. The van der Waals surface area contributed by atoms with Crippen LogP contribution < -0.4 is 18.1 Å². The van der Waals surface area contributed by atoms with Gasteiger partial charge < -0.3 is 19.5 Å². The number of hydrogen-bond donors (Lipinski definition) is 1. The minimum absolute atomic E-state index is 0.00134. The first-order valence-electron chi connectivity index (χ1n) is 18.6. The number of benzene rings is 5. The molecule has 5 aromatic rings. The van der Waals surface area contributed by atoms with Gasteiger partial charge in [-0.1, -0.05) is 36.4 Å². The third kappa shape index (κ3) is 9.38. The van der Waals surface area contributed by atoms with Crippen molar-refractivity contribution in [2.75, 3.05) is 35.9 Å². The van der Waals surface area contributed by atoms with Crippen LogP contribution >= 0.6 is 0 Å². The number of methoxy groups -OCH3 is 2. The van der Waals surface area contributed by atoms with Gasteiger partial charge in [-0.2, -0.15) is 26.3 Å². The maximum atomic E-state index is 15.2. The summed E-state index contributed by atoms with van der Waals surface area (Å²) >= 11 is 0. The number of likely N-dealkylation sites (tertiary alicyclic amines) is 1. The number of rotatable bonds is 14. The number of carboxylic acids is 1. The number of aliphatic carboxylic acids is 1. The van der Waals surface area contributed by atoms with Gasteiger partial charge >= 0.3 is 18.3 Å². The van der Waals surface area contributed by atoms with Crippen LogP contribution in [0.4, 0.5) is 42.1 Å². The van der Waals surface area contributed by atoms with Gasteiger partial charge in [0.15, 0.2) is 6.04 Å². The number of sulfonamides is 2. The van der Waals surface area contributed by atoms with Crippen molar-refractivity contribution < 1.29 is 71.7 Å². The van der Waals surface area contributed by atoms with Crippen molar-refractivity contribution in [3.8, 4) is 11.5 Å². The second kappa shape index (κ2) is 17.8. The Morgan fingerprint density at radius 1 is 0.746 bits per heavy atom. The Morgan fingerprint density at radius 3 is 1.84 bits per heavy atom. The normalized spacial score (nSPS) is 15.1. The number of carbonyl (C=O) groups is 2. The summed E-state index contributed by atoms with van der Waals surface area (Å²) in [5.41, 5.74) is -6.22. The predicted octanol–water partition coefficient (Wildman–Crippen LogP) is 8.46. The van der Waals surface area contributed by atoms with Crippen molar-refractivity contribution in [3.05, 3.63) is 143 Å². The van der Waals surface area contributed by atoms with E-state index in [1.807, 2.05) is 0 Å². The molecule has 0 radical (unpaired) electrons. The summed E-state index contributed by atoms with van der Waals surface area (Å²) in [7, 11) is -8.90. The van der Waals surface area contributed by atoms with Crippen LogP contribution in [0.1, 0.15) is 47.2 Å². The van der Waals surface area contributed by atoms with Crippen LogP contribution in [-0.4, -0.2) is 66.0 Å². The topological polar surface area (TPSA) is 151 Å². The first-order chi connectivity index (χ1) is 29.6. The number of ether oxygens (including phenoxy) is 2. The number of hydrogen-bond acceptors (Lipinski definition) is 8. The Hall–Kier alpha value is -6.35. The second-order valence-electron chi connectivity index (χ2n) is 14.0. The lowest BCUT2D eigenvalue weighted by atomic mass is 10.0. The monoisotopic (exact) mass is 923 g/mol. The fourth-order valence-corrected chi connectivity index (χ4v) is 10.5. The molecule has 2 unspecified atom stereocenters. The van der Waals surface area contributed by atoms with Crippen LogP contribution in [0.5, 0.6) is 11.5 Å². The SMILES string of the molecule is COc1ccc(S(=O)(=O)N(c2ccccc2C(F)(F)F)C(C(=O)O)c2cc(OC)ccc2S(=O)(=O)N(CC(=O)N2CCCC2c2ccc(F)cc2)c2ccccc2C(F)(F)F)cc1. The first kappa shape index (κ1) is 46.2. The minimum atomic E-state index is -5.70. The molecule has 5 aromatic carbocycles. The number of anilines is 2. The van der Waals surface area contributed by atoms with E-state index in [2.05, 4.69) is 0 Å². The van der Waals surface area contributed by atoms with Crippen molar-refractivity contribution in [2.45, 2.75) is 47.1 Å². The maximum Gasteiger partial charge on any atom is 0.418 e. The van der Waals surface area contributed by atoms with Crippen LogP contribution in [0.2, 0.25) is 0 Å². The molecule has 1 aliphatic rings. The fourth-order valence-electron chi connectivity index (χ4n) is 7.30. The van der Waals surface area contributed by atoms with Crippen LogP contribution in [0, 0.1) is 5.82 Å². The molecule has 0 aromatic heterocycles. The average Bonchev–Trinajstić information content (AvgIpc) is 3.74. The Bertz CT molecular complexity index is 2720. The molecule has 1 heterocycles. The highest BCUT2D eigenvalue weighted by Gasteiger charge is 2.47. The van der Waals surface area contributed by atoms with Gasteiger partial charge in [-0.05, 0) is 97.3 Å². The summed E-state index contributed by atoms with van der Waals surface area (Å²) in [4.78, 5) is 27.1. The molecule has 0 spiro atoms. The molecule has 0 saturated carbocycles. The van der Waals surface area contributed by atoms with E-state index < -0.39 is 107 Å². The van der Waals surface area contributed by atoms with E-state index in [0.717, 1.165) is 79.9 Å². The molecule has 1 fully saturated rings. The van der Waals surface area contributed by atoms with Gasteiger partial charge in [0.05, 0.1) is 52.6 Å². The summed E-state index contributed by atoms with van der Waals surface area (Å²) in [6.07, 6.45) is -9.92. The lowest BCUT2D eigenvalue weighted by molar-refractivity contribution is -0.140. The fraction of sp³-hybridized carbons (Fsp3) is 0.238. The second-order valence-corrected chi connectivity index (χ2v) is 17.6. The molecule has 21 heteroatoms. The highest BCUT2D eigenvalue weighted by molar-refractivity contribution is 7.93. The van der Waals surface area contributed by atoms with E-state index in [1.54, 1.807) is 0 Å². The van der Waals surface area contributed by atoms with E-state index in [-0.39, 0.29) is 26.7 Å². The zero-order chi connectivity index (χ0) is 46.1. The molecule has 334 valence electrons. The average molecular weight is 924 g/mol. The van der Waals surface area contributed by atoms with Gasteiger partial charge in [-0.15, -0.1) is 0 Å². The summed E-state index contributed by atoms with van der Waals surface area (Å²) < 4.78 is 172. The molecule has 12 nitrogen and oxygen atoms in total. The standard InChI is InChI=1S/C42H36F7N3O9S2/c1-60-28-17-20-30(21-18-28)62(56,57)52(36-11-6-4-9-33(36)42(47,48)49)39(40(54)55)31-24-29(61-2)19-22-37(31)63(58,59)51(35-10-5-3-8-32(35)41(44,45)46)25-38(53)50-23-7-12-34(50)26-13-15-27(43)16-14-26/h3-6,8-11,13-22,24,34,39H,7,12,23,25H2,1-2H3,(H,54,55).